The van der Waals surface area contributed by atoms with E-state index in [0.717, 1.165) is 10.4 Å². The fourth-order valence-corrected chi connectivity index (χ4v) is 2.98. The van der Waals surface area contributed by atoms with E-state index in [9.17, 15) is 9.59 Å². The average Bonchev–Trinajstić information content (AvgIpc) is 2.92. The van der Waals surface area contributed by atoms with Crippen LogP contribution in [0.5, 0.6) is 0 Å². The van der Waals surface area contributed by atoms with Crippen LogP contribution in [-0.4, -0.2) is 24.4 Å². The maximum absolute atomic E-state index is 12.0. The molecule has 116 valence electrons. The molecule has 1 N–H and O–H groups in total. The lowest BCUT2D eigenvalue weighted by atomic mass is 10.2. The molecule has 1 amide bonds. The highest BCUT2D eigenvalue weighted by Gasteiger charge is 2.19. The summed E-state index contributed by atoms with van der Waals surface area (Å²) in [4.78, 5) is 24.7. The lowest BCUT2D eigenvalue weighted by Gasteiger charge is -2.03. The molecule has 4 nitrogen and oxygen atoms in total. The lowest BCUT2D eigenvalue weighted by molar-refractivity contribution is -0.113. The van der Waals surface area contributed by atoms with Crippen molar-refractivity contribution < 1.29 is 14.3 Å². The molecule has 2 aromatic rings. The fourth-order valence-electron chi connectivity index (χ4n) is 1.77. The van der Waals surface area contributed by atoms with E-state index >= 15 is 0 Å². The molecule has 0 aliphatic heterocycles. The third-order valence-corrected chi connectivity index (χ3v) is 4.38. The number of carbonyl (C=O) groups excluding carboxylic acids is 2. The van der Waals surface area contributed by atoms with Gasteiger partial charge in [-0.25, -0.2) is 4.79 Å². The monoisotopic (exact) mass is 357 g/mol. The van der Waals surface area contributed by atoms with Crippen molar-refractivity contribution in [1.82, 2.24) is 0 Å². The second kappa shape index (κ2) is 7.63. The van der Waals surface area contributed by atoms with Crippen molar-refractivity contribution in [2.75, 3.05) is 17.8 Å². The summed E-state index contributed by atoms with van der Waals surface area (Å²) in [6.07, 6.45) is 0. The summed E-state index contributed by atoms with van der Waals surface area (Å²) >= 11 is 12.6. The number of esters is 1. The minimum Gasteiger partial charge on any atom is -0.462 e. The summed E-state index contributed by atoms with van der Waals surface area (Å²) < 4.78 is 5.02. The maximum atomic E-state index is 12.0. The van der Waals surface area contributed by atoms with E-state index in [1.807, 2.05) is 12.1 Å². The molecule has 0 bridgehead atoms. The van der Waals surface area contributed by atoms with Gasteiger partial charge < -0.3 is 10.1 Å². The van der Waals surface area contributed by atoms with Gasteiger partial charge in [-0.3, -0.25) is 4.79 Å². The molecule has 1 aromatic carbocycles. The third-order valence-electron chi connectivity index (χ3n) is 2.72. The summed E-state index contributed by atoms with van der Waals surface area (Å²) in [5.74, 6) is -1.04. The summed E-state index contributed by atoms with van der Waals surface area (Å²) in [5, 5.41) is 3.24. The van der Waals surface area contributed by atoms with E-state index in [-0.39, 0.29) is 18.4 Å². The number of benzene rings is 1. The van der Waals surface area contributed by atoms with Gasteiger partial charge in [0.15, 0.2) is 0 Å². The van der Waals surface area contributed by atoms with Crippen LogP contribution in [0.15, 0.2) is 30.3 Å². The largest absolute Gasteiger partial charge is 0.462 e. The SMILES string of the molecule is CCOC(=O)c1sc(-c2ccc(Cl)cc2)cc1NC(=O)CCl. The van der Waals surface area contributed by atoms with Crippen LogP contribution in [0, 0.1) is 0 Å². The molecule has 1 aromatic heterocycles. The van der Waals surface area contributed by atoms with Gasteiger partial charge >= 0.3 is 5.97 Å². The van der Waals surface area contributed by atoms with Crippen molar-refractivity contribution in [1.29, 1.82) is 0 Å². The van der Waals surface area contributed by atoms with Gasteiger partial charge in [-0.1, -0.05) is 23.7 Å². The van der Waals surface area contributed by atoms with E-state index < -0.39 is 5.97 Å². The fraction of sp³-hybridized carbons (Fsp3) is 0.200. The molecule has 0 radical (unpaired) electrons. The Morgan fingerprint density at radius 3 is 2.55 bits per heavy atom. The minimum absolute atomic E-state index is 0.186. The van der Waals surface area contributed by atoms with Crippen LogP contribution < -0.4 is 5.32 Å². The van der Waals surface area contributed by atoms with Gasteiger partial charge in [0.25, 0.3) is 0 Å². The normalized spacial score (nSPS) is 10.3. The molecule has 0 aliphatic rings. The lowest BCUT2D eigenvalue weighted by Crippen LogP contribution is -2.14. The van der Waals surface area contributed by atoms with Crippen LogP contribution in [0.4, 0.5) is 5.69 Å². The number of amides is 1. The van der Waals surface area contributed by atoms with E-state index in [1.54, 1.807) is 25.1 Å². The number of anilines is 1. The van der Waals surface area contributed by atoms with Crippen molar-refractivity contribution in [3.8, 4) is 10.4 Å². The summed E-state index contributed by atoms with van der Waals surface area (Å²) in [6, 6.07) is 8.94. The summed E-state index contributed by atoms with van der Waals surface area (Å²) in [5.41, 5.74) is 1.30. The third kappa shape index (κ3) is 4.00. The second-order valence-corrected chi connectivity index (χ2v) is 6.02. The first-order chi connectivity index (χ1) is 10.5. The molecular formula is C15H13Cl2NO3S. The molecule has 0 saturated carbocycles. The molecule has 0 atom stereocenters. The molecule has 2 rings (SSSR count). The standard InChI is InChI=1S/C15H13Cl2NO3S/c1-2-21-15(20)14-11(18-13(19)8-16)7-12(22-14)9-3-5-10(17)6-4-9/h3-7H,2,8H2,1H3,(H,18,19). The number of alkyl halides is 1. The Kier molecular flexibility index (Phi) is 5.83. The van der Waals surface area contributed by atoms with Crippen LogP contribution in [0.25, 0.3) is 10.4 Å². The number of ether oxygens (including phenoxy) is 1. The number of rotatable bonds is 5. The van der Waals surface area contributed by atoms with E-state index in [4.69, 9.17) is 27.9 Å². The Labute approximate surface area is 142 Å². The number of thiophene rings is 1. The Morgan fingerprint density at radius 1 is 1.27 bits per heavy atom. The van der Waals surface area contributed by atoms with Gasteiger partial charge in [0.05, 0.1) is 12.3 Å². The van der Waals surface area contributed by atoms with Gasteiger partial charge in [0, 0.05) is 9.90 Å². The average molecular weight is 358 g/mol. The highest BCUT2D eigenvalue weighted by molar-refractivity contribution is 7.18. The quantitative estimate of drug-likeness (QED) is 0.636. The Balaban J connectivity index is 2.40. The number of nitrogens with one attached hydrogen (secondary N) is 1. The van der Waals surface area contributed by atoms with Crippen molar-refractivity contribution >= 4 is 52.1 Å². The minimum atomic E-state index is -0.474. The molecule has 0 fully saturated rings. The van der Waals surface area contributed by atoms with Crippen LogP contribution in [-0.2, 0) is 9.53 Å². The molecule has 0 aliphatic carbocycles. The topological polar surface area (TPSA) is 55.4 Å². The molecule has 1 heterocycles. The molecule has 22 heavy (non-hydrogen) atoms. The molecular weight excluding hydrogens is 345 g/mol. The van der Waals surface area contributed by atoms with Gasteiger partial charge in [-0.15, -0.1) is 22.9 Å². The predicted octanol–water partition coefficient (Wildman–Crippen LogP) is 4.42. The zero-order valence-electron chi connectivity index (χ0n) is 11.7. The number of hydrogen-bond donors (Lipinski definition) is 1. The first kappa shape index (κ1) is 16.8. The highest BCUT2D eigenvalue weighted by Crippen LogP contribution is 2.35. The Bertz CT molecular complexity index is 683. The van der Waals surface area contributed by atoms with Crippen molar-refractivity contribution in [2.24, 2.45) is 0 Å². The van der Waals surface area contributed by atoms with Crippen molar-refractivity contribution in [2.45, 2.75) is 6.92 Å². The predicted molar refractivity (Wildman–Crippen MR) is 90.1 cm³/mol. The van der Waals surface area contributed by atoms with Crippen molar-refractivity contribution in [3.05, 3.63) is 40.2 Å². The molecule has 0 saturated heterocycles. The first-order valence-electron chi connectivity index (χ1n) is 6.47. The first-order valence-corrected chi connectivity index (χ1v) is 8.20. The Hall–Kier alpha value is -1.56. The zero-order valence-corrected chi connectivity index (χ0v) is 14.0. The van der Waals surface area contributed by atoms with Gasteiger partial charge in [-0.2, -0.15) is 0 Å². The molecule has 7 heteroatoms. The van der Waals surface area contributed by atoms with E-state index in [2.05, 4.69) is 5.32 Å². The summed E-state index contributed by atoms with van der Waals surface area (Å²) in [7, 11) is 0. The summed E-state index contributed by atoms with van der Waals surface area (Å²) in [6.45, 7) is 1.98. The maximum Gasteiger partial charge on any atom is 0.350 e. The number of halogens is 2. The second-order valence-electron chi connectivity index (χ2n) is 4.26. The van der Waals surface area contributed by atoms with Gasteiger partial charge in [0.1, 0.15) is 10.8 Å². The smallest absolute Gasteiger partial charge is 0.350 e. The number of carbonyl (C=O) groups is 2. The van der Waals surface area contributed by atoms with E-state index in [1.165, 1.54) is 11.3 Å². The van der Waals surface area contributed by atoms with Crippen LogP contribution in [0.3, 0.4) is 0 Å². The van der Waals surface area contributed by atoms with Gasteiger partial charge in [-0.05, 0) is 30.7 Å². The zero-order chi connectivity index (χ0) is 16.1. The molecule has 0 unspecified atom stereocenters. The van der Waals surface area contributed by atoms with Crippen LogP contribution >= 0.6 is 34.5 Å². The van der Waals surface area contributed by atoms with Crippen molar-refractivity contribution in [3.63, 3.8) is 0 Å². The van der Waals surface area contributed by atoms with Gasteiger partial charge in [0.2, 0.25) is 5.91 Å². The van der Waals surface area contributed by atoms with Crippen LogP contribution in [0.2, 0.25) is 5.02 Å². The number of hydrogen-bond acceptors (Lipinski definition) is 4. The highest BCUT2D eigenvalue weighted by atomic mass is 35.5. The Morgan fingerprint density at radius 2 is 1.95 bits per heavy atom. The van der Waals surface area contributed by atoms with E-state index in [0.29, 0.717) is 15.6 Å². The van der Waals surface area contributed by atoms with Crippen LogP contribution in [0.1, 0.15) is 16.6 Å². The molecule has 0 spiro atoms.